The molecule has 1 aromatic heterocycles. The van der Waals surface area contributed by atoms with Gasteiger partial charge >= 0.3 is 0 Å². The summed E-state index contributed by atoms with van der Waals surface area (Å²) in [6.45, 7) is 13.1. The highest BCUT2D eigenvalue weighted by Gasteiger charge is 1.95. The highest BCUT2D eigenvalue weighted by atomic mass is 14.6. The van der Waals surface area contributed by atoms with E-state index in [1.54, 1.807) is 6.20 Å². The highest BCUT2D eigenvalue weighted by Crippen LogP contribution is 2.07. The normalized spacial score (nSPS) is 9.25. The van der Waals surface area contributed by atoms with Crippen LogP contribution in [0.3, 0.4) is 0 Å². The Balaban J connectivity index is 0. The molecule has 2 aromatic carbocycles. The third-order valence-electron chi connectivity index (χ3n) is 4.10. The predicted octanol–water partition coefficient (Wildman–Crippen LogP) is 9.55. The Morgan fingerprint density at radius 2 is 1.06 bits per heavy atom. The van der Waals surface area contributed by atoms with Gasteiger partial charge in [0.15, 0.2) is 0 Å². The maximum absolute atomic E-state index is 4.14. The fourth-order valence-electron chi connectivity index (χ4n) is 2.93. The number of rotatable bonds is 5. The summed E-state index contributed by atoms with van der Waals surface area (Å²) in [5.41, 5.74) is 5.19. The molecule has 3 aromatic rings. The first-order chi connectivity index (χ1) is 14.4. The molecule has 0 aliphatic rings. The van der Waals surface area contributed by atoms with Gasteiger partial charge in [-0.2, -0.15) is 0 Å². The van der Waals surface area contributed by atoms with E-state index in [-0.39, 0.29) is 14.9 Å². The summed E-state index contributed by atoms with van der Waals surface area (Å²) in [7, 11) is 0. The fourth-order valence-corrected chi connectivity index (χ4v) is 2.93. The van der Waals surface area contributed by atoms with Gasteiger partial charge in [0.05, 0.1) is 5.69 Å². The van der Waals surface area contributed by atoms with Gasteiger partial charge in [-0.1, -0.05) is 115 Å². The zero-order chi connectivity index (χ0) is 22.2. The van der Waals surface area contributed by atoms with E-state index in [0.717, 1.165) is 17.5 Å². The molecule has 0 amide bonds. The fraction of sp³-hybridized carbons (Fsp3) is 0.387. The van der Waals surface area contributed by atoms with Crippen LogP contribution in [0.1, 0.15) is 73.2 Å². The van der Waals surface area contributed by atoms with Crippen LogP contribution < -0.4 is 0 Å². The third kappa shape index (κ3) is 17.1. The standard InChI is InChI=1S/2C10H14.C9H11N.2CH4/c2*1-9(2)8-10-6-4-3-5-7-10;1-8(2)7-9-5-3-4-6-10-9;;/h2*3-7,9H,8H2,1-2H3;3-7H,1-2H3;2*1H4. The molecule has 0 saturated heterocycles. The molecule has 0 saturated carbocycles. The molecular formula is C31H47N. The molecule has 1 heteroatoms. The number of allylic oxidation sites excluding steroid dienone is 1. The van der Waals surface area contributed by atoms with Crippen LogP contribution in [0.15, 0.2) is 90.6 Å². The molecular weight excluding hydrogens is 386 g/mol. The van der Waals surface area contributed by atoms with Crippen LogP contribution in [0.25, 0.3) is 6.08 Å². The van der Waals surface area contributed by atoms with Crippen LogP contribution in [-0.2, 0) is 12.8 Å². The van der Waals surface area contributed by atoms with Crippen molar-refractivity contribution in [2.45, 2.75) is 69.2 Å². The van der Waals surface area contributed by atoms with Crippen molar-refractivity contribution in [3.63, 3.8) is 0 Å². The van der Waals surface area contributed by atoms with Gasteiger partial charge in [-0.25, -0.2) is 0 Å². The first-order valence-corrected chi connectivity index (χ1v) is 11.0. The van der Waals surface area contributed by atoms with Gasteiger partial charge in [-0.15, -0.1) is 0 Å². The van der Waals surface area contributed by atoms with Crippen LogP contribution in [0, 0.1) is 11.8 Å². The molecule has 0 aliphatic heterocycles. The van der Waals surface area contributed by atoms with E-state index in [9.17, 15) is 0 Å². The molecule has 0 unspecified atom stereocenters. The van der Waals surface area contributed by atoms with Crippen LogP contribution in [0.2, 0.25) is 0 Å². The Kier molecular flexibility index (Phi) is 18.8. The Hall–Kier alpha value is -2.67. The SMILES string of the molecule is C.C.CC(C)=Cc1ccccn1.CC(C)Cc1ccccc1.CC(C)Cc1ccccc1. The number of aromatic nitrogens is 1. The number of nitrogens with zero attached hydrogens (tertiary/aromatic N) is 1. The number of benzene rings is 2. The average molecular weight is 434 g/mol. The number of hydrogen-bond donors (Lipinski definition) is 0. The van der Waals surface area contributed by atoms with Crippen LogP contribution in [0.4, 0.5) is 0 Å². The van der Waals surface area contributed by atoms with Crippen molar-refractivity contribution in [2.75, 3.05) is 0 Å². The first-order valence-electron chi connectivity index (χ1n) is 11.0. The van der Waals surface area contributed by atoms with E-state index in [0.29, 0.717) is 0 Å². The van der Waals surface area contributed by atoms with Crippen molar-refractivity contribution in [1.29, 1.82) is 0 Å². The second kappa shape index (κ2) is 19.0. The molecule has 0 spiro atoms. The van der Waals surface area contributed by atoms with Crippen molar-refractivity contribution in [3.8, 4) is 0 Å². The molecule has 32 heavy (non-hydrogen) atoms. The highest BCUT2D eigenvalue weighted by molar-refractivity contribution is 5.46. The lowest BCUT2D eigenvalue weighted by atomic mass is 10.0. The minimum absolute atomic E-state index is 0. The third-order valence-corrected chi connectivity index (χ3v) is 4.10. The molecule has 0 bridgehead atoms. The minimum atomic E-state index is 0. The van der Waals surface area contributed by atoms with Crippen molar-refractivity contribution in [3.05, 3.63) is 107 Å². The smallest absolute Gasteiger partial charge is 0.0628 e. The molecule has 0 aliphatic carbocycles. The minimum Gasteiger partial charge on any atom is -0.257 e. The largest absolute Gasteiger partial charge is 0.257 e. The summed E-state index contributed by atoms with van der Waals surface area (Å²) in [4.78, 5) is 4.14. The van der Waals surface area contributed by atoms with Gasteiger partial charge < -0.3 is 0 Å². The second-order valence-corrected chi connectivity index (χ2v) is 8.64. The van der Waals surface area contributed by atoms with Gasteiger partial charge in [0.25, 0.3) is 0 Å². The lowest BCUT2D eigenvalue weighted by molar-refractivity contribution is 0.647. The molecule has 1 nitrogen and oxygen atoms in total. The second-order valence-electron chi connectivity index (χ2n) is 8.64. The van der Waals surface area contributed by atoms with Crippen molar-refractivity contribution in [2.24, 2.45) is 11.8 Å². The Bertz CT molecular complexity index is 753. The van der Waals surface area contributed by atoms with E-state index in [4.69, 9.17) is 0 Å². The monoisotopic (exact) mass is 433 g/mol. The van der Waals surface area contributed by atoms with Gasteiger partial charge in [-0.3, -0.25) is 4.98 Å². The predicted molar refractivity (Wildman–Crippen MR) is 147 cm³/mol. The topological polar surface area (TPSA) is 12.9 Å². The van der Waals surface area contributed by atoms with E-state index in [1.165, 1.54) is 29.5 Å². The van der Waals surface area contributed by atoms with Gasteiger partial charge in [0.2, 0.25) is 0 Å². The Morgan fingerprint density at radius 3 is 1.38 bits per heavy atom. The Labute approximate surface area is 199 Å². The maximum Gasteiger partial charge on any atom is 0.0628 e. The quantitative estimate of drug-likeness (QED) is 0.390. The summed E-state index contributed by atoms with van der Waals surface area (Å²) in [6.07, 6.45) is 6.25. The van der Waals surface area contributed by atoms with Crippen molar-refractivity contribution in [1.82, 2.24) is 4.98 Å². The summed E-state index contributed by atoms with van der Waals surface area (Å²) >= 11 is 0. The zero-order valence-corrected chi connectivity index (χ0v) is 19.7. The molecule has 1 heterocycles. The molecule has 0 radical (unpaired) electrons. The van der Waals surface area contributed by atoms with Gasteiger partial charge in [-0.05, 0) is 67.9 Å². The van der Waals surface area contributed by atoms with E-state index >= 15 is 0 Å². The van der Waals surface area contributed by atoms with E-state index < -0.39 is 0 Å². The van der Waals surface area contributed by atoms with Crippen molar-refractivity contribution >= 4 is 6.08 Å². The van der Waals surface area contributed by atoms with Crippen molar-refractivity contribution < 1.29 is 0 Å². The summed E-state index contributed by atoms with van der Waals surface area (Å²) in [5.74, 6) is 1.53. The maximum atomic E-state index is 4.14. The summed E-state index contributed by atoms with van der Waals surface area (Å²) in [6, 6.07) is 27.1. The van der Waals surface area contributed by atoms with Gasteiger partial charge in [0, 0.05) is 6.20 Å². The van der Waals surface area contributed by atoms with E-state index in [1.807, 2.05) is 18.2 Å². The van der Waals surface area contributed by atoms with Crippen LogP contribution in [-0.4, -0.2) is 4.98 Å². The lowest BCUT2D eigenvalue weighted by Crippen LogP contribution is -1.92. The average Bonchev–Trinajstić information content (AvgIpc) is 2.70. The van der Waals surface area contributed by atoms with Crippen LogP contribution >= 0.6 is 0 Å². The summed E-state index contributed by atoms with van der Waals surface area (Å²) < 4.78 is 0. The van der Waals surface area contributed by atoms with Gasteiger partial charge in [0.1, 0.15) is 0 Å². The number of pyridine rings is 1. The van der Waals surface area contributed by atoms with Crippen LogP contribution in [0.5, 0.6) is 0 Å². The zero-order valence-electron chi connectivity index (χ0n) is 19.7. The summed E-state index contributed by atoms with van der Waals surface area (Å²) in [5, 5.41) is 0. The molecule has 3 rings (SSSR count). The molecule has 0 fully saturated rings. The van der Waals surface area contributed by atoms with E-state index in [2.05, 4.69) is 113 Å². The molecule has 176 valence electrons. The molecule has 0 atom stereocenters. The molecule has 0 N–H and O–H groups in total. The Morgan fingerprint density at radius 1 is 0.656 bits per heavy atom. The first kappa shape index (κ1) is 31.5. The lowest BCUT2D eigenvalue weighted by Gasteiger charge is -2.02. The number of hydrogen-bond acceptors (Lipinski definition) is 1.